The number of aryl methyl sites for hydroxylation is 2. The van der Waals surface area contributed by atoms with Crippen LogP contribution < -0.4 is 10.6 Å². The van der Waals surface area contributed by atoms with E-state index in [-0.39, 0.29) is 49.0 Å². The quantitative estimate of drug-likeness (QED) is 0.273. The lowest BCUT2D eigenvalue weighted by atomic mass is 9.92. The third-order valence-electron chi connectivity index (χ3n) is 9.82. The second-order valence-corrected chi connectivity index (χ2v) is 13.0. The van der Waals surface area contributed by atoms with Crippen LogP contribution in [0.3, 0.4) is 0 Å². The average molecular weight is 637 g/mol. The van der Waals surface area contributed by atoms with E-state index in [0.29, 0.717) is 43.5 Å². The molecule has 0 unspecified atom stereocenters. The molecule has 1 saturated heterocycles. The molecule has 0 saturated carbocycles. The van der Waals surface area contributed by atoms with Crippen molar-refractivity contribution in [2.24, 2.45) is 0 Å². The Bertz CT molecular complexity index is 1600. The van der Waals surface area contributed by atoms with Crippen molar-refractivity contribution in [3.63, 3.8) is 0 Å². The van der Waals surface area contributed by atoms with E-state index in [2.05, 4.69) is 21.6 Å². The first-order valence-corrected chi connectivity index (χ1v) is 16.9. The molecule has 0 spiro atoms. The summed E-state index contributed by atoms with van der Waals surface area (Å²) in [6, 6.07) is 21.0. The highest BCUT2D eigenvalue weighted by atomic mass is 16.3. The van der Waals surface area contributed by atoms with E-state index in [1.165, 1.54) is 11.1 Å². The Hall–Kier alpha value is -4.34. The zero-order valence-electron chi connectivity index (χ0n) is 26.8. The van der Waals surface area contributed by atoms with E-state index in [9.17, 15) is 24.3 Å². The maximum Gasteiger partial charge on any atom is 0.246 e. The summed E-state index contributed by atoms with van der Waals surface area (Å²) in [4.78, 5) is 58.1. The Balaban J connectivity index is 1.18. The number of ketones is 1. The highest BCUT2D eigenvalue weighted by Gasteiger charge is 2.36. The number of Topliss-reactive ketones (excluding diaryl/α,β-unsaturated/α-hetero) is 1. The van der Waals surface area contributed by atoms with Crippen LogP contribution in [0.1, 0.15) is 71.1 Å². The molecule has 3 aliphatic rings. The molecule has 0 aromatic heterocycles. The molecule has 2 heterocycles. The van der Waals surface area contributed by atoms with Crippen LogP contribution in [-0.4, -0.2) is 76.2 Å². The molecule has 9 heteroatoms. The molecule has 9 nitrogen and oxygen atoms in total. The number of piperidine rings is 1. The topological polar surface area (TPSA) is 119 Å². The molecule has 6 rings (SSSR count). The number of carbonyl (C=O) groups excluding carboxylic acids is 4. The Kier molecular flexibility index (Phi) is 10.4. The Morgan fingerprint density at radius 2 is 1.55 bits per heavy atom. The second kappa shape index (κ2) is 15.0. The van der Waals surface area contributed by atoms with Gasteiger partial charge in [-0.25, -0.2) is 0 Å². The van der Waals surface area contributed by atoms with Crippen molar-refractivity contribution < 1.29 is 24.3 Å². The Labute approximate surface area is 276 Å². The van der Waals surface area contributed by atoms with Crippen molar-refractivity contribution in [1.29, 1.82) is 0 Å². The van der Waals surface area contributed by atoms with Crippen molar-refractivity contribution in [2.75, 3.05) is 25.0 Å². The lowest BCUT2D eigenvalue weighted by Gasteiger charge is -2.37. The number of likely N-dealkylation sites (tertiary alicyclic amines) is 1. The van der Waals surface area contributed by atoms with Crippen LogP contribution >= 0.6 is 0 Å². The number of fused-ring (bicyclic) bond motifs is 2. The van der Waals surface area contributed by atoms with Crippen molar-refractivity contribution in [3.8, 4) is 0 Å². The lowest BCUT2D eigenvalue weighted by molar-refractivity contribution is -0.142. The van der Waals surface area contributed by atoms with E-state index in [1.54, 1.807) is 29.2 Å². The van der Waals surface area contributed by atoms with Gasteiger partial charge in [0.25, 0.3) is 0 Å². The fourth-order valence-electron chi connectivity index (χ4n) is 7.02. The van der Waals surface area contributed by atoms with Crippen molar-refractivity contribution in [2.45, 2.75) is 82.5 Å². The number of rotatable bonds is 11. The first-order chi connectivity index (χ1) is 22.8. The molecule has 3 aromatic rings. The van der Waals surface area contributed by atoms with Gasteiger partial charge in [-0.3, -0.25) is 19.2 Å². The number of hydrogen-bond acceptors (Lipinski definition) is 6. The molecule has 1 aliphatic carbocycles. The van der Waals surface area contributed by atoms with Crippen LogP contribution in [-0.2, 0) is 40.2 Å². The predicted molar refractivity (Wildman–Crippen MR) is 180 cm³/mol. The van der Waals surface area contributed by atoms with Crippen LogP contribution in [0, 0.1) is 0 Å². The molecule has 3 N–H and O–H groups in total. The van der Waals surface area contributed by atoms with Gasteiger partial charge in [-0.2, -0.15) is 0 Å². The molecule has 0 bridgehead atoms. The van der Waals surface area contributed by atoms with Gasteiger partial charge in [-0.1, -0.05) is 60.7 Å². The molecule has 246 valence electrons. The van der Waals surface area contributed by atoms with Crippen LogP contribution in [0.15, 0.2) is 72.8 Å². The van der Waals surface area contributed by atoms with E-state index in [0.717, 1.165) is 43.5 Å². The minimum Gasteiger partial charge on any atom is -0.393 e. The monoisotopic (exact) mass is 636 g/mol. The molecule has 2 atom stereocenters. The first kappa shape index (κ1) is 32.6. The van der Waals surface area contributed by atoms with Gasteiger partial charge in [0.2, 0.25) is 17.7 Å². The predicted octanol–water partition coefficient (Wildman–Crippen LogP) is 4.06. The first-order valence-electron chi connectivity index (χ1n) is 16.9. The highest BCUT2D eigenvalue weighted by Crippen LogP contribution is 2.27. The zero-order valence-corrected chi connectivity index (χ0v) is 26.8. The number of hydrogen-bond donors (Lipinski definition) is 3. The van der Waals surface area contributed by atoms with Crippen molar-refractivity contribution >= 4 is 29.2 Å². The summed E-state index contributed by atoms with van der Waals surface area (Å²) in [5, 5.41) is 16.0. The van der Waals surface area contributed by atoms with Crippen molar-refractivity contribution in [3.05, 3.63) is 101 Å². The minimum absolute atomic E-state index is 0.0112. The van der Waals surface area contributed by atoms with Gasteiger partial charge in [0.1, 0.15) is 12.1 Å². The van der Waals surface area contributed by atoms with Gasteiger partial charge in [0.15, 0.2) is 5.78 Å². The Morgan fingerprint density at radius 1 is 0.830 bits per heavy atom. The summed E-state index contributed by atoms with van der Waals surface area (Å²) in [6.45, 7) is 2.32. The van der Waals surface area contributed by atoms with Crippen LogP contribution in [0.4, 0.5) is 5.69 Å². The largest absolute Gasteiger partial charge is 0.393 e. The molecule has 0 radical (unpaired) electrons. The molecule has 47 heavy (non-hydrogen) atoms. The van der Waals surface area contributed by atoms with Gasteiger partial charge >= 0.3 is 0 Å². The van der Waals surface area contributed by atoms with Gasteiger partial charge in [-0.05, 0) is 72.9 Å². The van der Waals surface area contributed by atoms with Gasteiger partial charge < -0.3 is 25.5 Å². The van der Waals surface area contributed by atoms with Crippen LogP contribution in [0.2, 0.25) is 0 Å². The van der Waals surface area contributed by atoms with Gasteiger partial charge in [-0.15, -0.1) is 0 Å². The maximum absolute atomic E-state index is 14.1. The molecule has 3 aromatic carbocycles. The highest BCUT2D eigenvalue weighted by molar-refractivity contribution is 6.00. The summed E-state index contributed by atoms with van der Waals surface area (Å²) in [5.74, 6) is -1.07. The van der Waals surface area contributed by atoms with Crippen molar-refractivity contribution in [1.82, 2.24) is 15.1 Å². The number of amides is 3. The van der Waals surface area contributed by atoms with Crippen LogP contribution in [0.5, 0.6) is 0 Å². The number of nitrogens with zero attached hydrogens (tertiary/aromatic N) is 2. The number of aliphatic hydroxyl groups excluding tert-OH is 1. The van der Waals surface area contributed by atoms with Crippen LogP contribution in [0.25, 0.3) is 0 Å². The molecular weight excluding hydrogens is 592 g/mol. The third-order valence-corrected chi connectivity index (χ3v) is 9.82. The maximum atomic E-state index is 14.1. The number of aliphatic hydroxyl groups is 1. The van der Waals surface area contributed by atoms with E-state index in [4.69, 9.17) is 0 Å². The molecular formula is C38H44N4O5. The standard InChI is InChI=1S/C38H44N4O5/c43-32-17-20-41(21-18-32)22-19-33(37(46)39-31-14-13-26-11-6-12-28(26)23-31)40-38(47)34-24-29-9-4-5-10-30(29)25-42(34)36(45)16-15-35(44)27-7-2-1-3-8-27/h1-5,7-10,13-14,23,32-34,43H,6,11-12,15-22,24-25H2,(H,39,46)(H,40,47)/t33-,34-/m0/s1. The molecule has 3 amide bonds. The van der Waals surface area contributed by atoms with Gasteiger partial charge in [0, 0.05) is 56.7 Å². The third kappa shape index (κ3) is 8.15. The summed E-state index contributed by atoms with van der Waals surface area (Å²) in [7, 11) is 0. The lowest BCUT2D eigenvalue weighted by Crippen LogP contribution is -2.56. The minimum atomic E-state index is -0.823. The number of carbonyl (C=O) groups is 4. The summed E-state index contributed by atoms with van der Waals surface area (Å²) >= 11 is 0. The summed E-state index contributed by atoms with van der Waals surface area (Å²) < 4.78 is 0. The average Bonchev–Trinajstić information content (AvgIpc) is 3.57. The number of benzene rings is 3. The molecule has 2 aliphatic heterocycles. The fourth-order valence-corrected chi connectivity index (χ4v) is 7.02. The smallest absolute Gasteiger partial charge is 0.246 e. The Morgan fingerprint density at radius 3 is 2.34 bits per heavy atom. The fraction of sp³-hybridized carbons (Fsp3) is 0.421. The number of nitrogens with one attached hydrogen (secondary N) is 2. The van der Waals surface area contributed by atoms with E-state index < -0.39 is 12.1 Å². The van der Waals surface area contributed by atoms with E-state index >= 15 is 0 Å². The summed E-state index contributed by atoms with van der Waals surface area (Å²) in [6.07, 6.45) is 4.96. The van der Waals surface area contributed by atoms with E-state index in [1.807, 2.05) is 42.5 Å². The molecule has 1 fully saturated rings. The SMILES string of the molecule is O=C(CCC(=O)N1Cc2ccccc2C[C@H]1C(=O)N[C@@H](CCN1CCC(O)CC1)C(=O)Nc1ccc2c(c1)CCC2)c1ccccc1. The second-order valence-electron chi connectivity index (χ2n) is 13.0. The summed E-state index contributed by atoms with van der Waals surface area (Å²) in [5.41, 5.74) is 5.78. The van der Waals surface area contributed by atoms with Gasteiger partial charge in [0.05, 0.1) is 6.10 Å². The normalized spacial score (nSPS) is 18.6. The number of anilines is 1. The zero-order chi connectivity index (χ0) is 32.8.